The largest absolute Gasteiger partial charge is 0.456 e. The second-order valence-electron chi connectivity index (χ2n) is 12.4. The molecule has 0 N–H and O–H groups in total. The highest BCUT2D eigenvalue weighted by molar-refractivity contribution is 7.25. The number of fused-ring (bicyclic) bond motifs is 8. The first-order chi connectivity index (χ1) is 24.3. The summed E-state index contributed by atoms with van der Waals surface area (Å²) in [5.41, 5.74) is 7.98. The van der Waals surface area contributed by atoms with Crippen LogP contribution in [-0.4, -0.2) is 15.0 Å². The molecule has 10 aromatic rings. The number of furan rings is 1. The minimum atomic E-state index is 0.572. The first-order valence-corrected chi connectivity index (χ1v) is 17.1. The van der Waals surface area contributed by atoms with Crippen molar-refractivity contribution in [1.82, 2.24) is 15.0 Å². The minimum absolute atomic E-state index is 0.572. The Balaban J connectivity index is 1.18. The molecule has 0 aliphatic carbocycles. The van der Waals surface area contributed by atoms with Crippen LogP contribution in [0.2, 0.25) is 0 Å². The average molecular weight is 645 g/mol. The number of benzene rings is 7. The molecule has 1 aliphatic rings. The highest BCUT2D eigenvalue weighted by Gasteiger charge is 2.28. The Morgan fingerprint density at radius 1 is 0.469 bits per heavy atom. The predicted molar refractivity (Wildman–Crippen MR) is 202 cm³/mol. The van der Waals surface area contributed by atoms with Crippen molar-refractivity contribution < 1.29 is 4.42 Å². The maximum absolute atomic E-state index is 6.17. The highest BCUT2D eigenvalue weighted by atomic mass is 32.1. The molecule has 0 amide bonds. The highest BCUT2D eigenvalue weighted by Crippen LogP contribution is 2.50. The summed E-state index contributed by atoms with van der Waals surface area (Å²) in [6, 6.07) is 50.9. The van der Waals surface area contributed by atoms with Gasteiger partial charge in [-0.15, -0.1) is 11.3 Å². The second kappa shape index (κ2) is 10.1. The van der Waals surface area contributed by atoms with Gasteiger partial charge >= 0.3 is 0 Å². The molecule has 11 rings (SSSR count). The molecule has 0 spiro atoms. The molecule has 0 bridgehead atoms. The lowest BCUT2D eigenvalue weighted by atomic mass is 9.91. The van der Waals surface area contributed by atoms with Gasteiger partial charge in [0.15, 0.2) is 11.6 Å². The number of thiophene rings is 1. The lowest BCUT2D eigenvalue weighted by Crippen LogP contribution is -2.18. The minimum Gasteiger partial charge on any atom is -0.456 e. The van der Waals surface area contributed by atoms with Gasteiger partial charge in [-0.25, -0.2) is 4.98 Å². The Kier molecular flexibility index (Phi) is 5.48. The summed E-state index contributed by atoms with van der Waals surface area (Å²) in [5.74, 6) is 1.80. The number of anilines is 3. The molecule has 0 radical (unpaired) electrons. The van der Waals surface area contributed by atoms with E-state index >= 15 is 0 Å². The summed E-state index contributed by atoms with van der Waals surface area (Å²) in [4.78, 5) is 17.9. The molecule has 4 heterocycles. The fourth-order valence-corrected chi connectivity index (χ4v) is 8.57. The van der Waals surface area contributed by atoms with Crippen molar-refractivity contribution in [3.63, 3.8) is 0 Å². The monoisotopic (exact) mass is 644 g/mol. The van der Waals surface area contributed by atoms with Crippen LogP contribution in [0.5, 0.6) is 0 Å². The van der Waals surface area contributed by atoms with E-state index in [1.807, 2.05) is 30.3 Å². The predicted octanol–water partition coefficient (Wildman–Crippen LogP) is 12.1. The molecule has 1 aliphatic heterocycles. The molecule has 0 unspecified atom stereocenters. The Morgan fingerprint density at radius 3 is 2.06 bits per heavy atom. The molecule has 0 atom stereocenters. The average Bonchev–Trinajstić information content (AvgIpc) is 3.72. The van der Waals surface area contributed by atoms with Crippen LogP contribution in [-0.2, 0) is 0 Å². The van der Waals surface area contributed by atoms with Crippen LogP contribution in [0, 0.1) is 0 Å². The molecular formula is C43H24N4OS. The molecule has 0 saturated carbocycles. The van der Waals surface area contributed by atoms with Crippen molar-refractivity contribution in [2.75, 3.05) is 4.90 Å². The van der Waals surface area contributed by atoms with Crippen molar-refractivity contribution in [1.29, 1.82) is 0 Å². The van der Waals surface area contributed by atoms with Gasteiger partial charge in [0, 0.05) is 53.0 Å². The zero-order valence-corrected chi connectivity index (χ0v) is 26.8. The molecule has 5 nitrogen and oxygen atoms in total. The first-order valence-electron chi connectivity index (χ1n) is 16.3. The molecule has 49 heavy (non-hydrogen) atoms. The Labute approximate surface area is 284 Å². The van der Waals surface area contributed by atoms with Gasteiger partial charge in [0.2, 0.25) is 5.95 Å². The maximum atomic E-state index is 6.17. The molecule has 0 saturated heterocycles. The van der Waals surface area contributed by atoms with Crippen LogP contribution in [0.1, 0.15) is 0 Å². The third-order valence-electron chi connectivity index (χ3n) is 9.65. The van der Waals surface area contributed by atoms with Gasteiger partial charge < -0.3 is 4.42 Å². The van der Waals surface area contributed by atoms with Gasteiger partial charge in [-0.2, -0.15) is 9.97 Å². The number of hydrogen-bond donors (Lipinski definition) is 0. The van der Waals surface area contributed by atoms with Crippen LogP contribution in [0.15, 0.2) is 150 Å². The van der Waals surface area contributed by atoms with E-state index in [1.165, 1.54) is 36.5 Å². The van der Waals surface area contributed by atoms with E-state index in [9.17, 15) is 0 Å². The van der Waals surface area contributed by atoms with Crippen LogP contribution in [0.4, 0.5) is 17.3 Å². The third-order valence-corrected chi connectivity index (χ3v) is 10.8. The number of para-hydroxylation sites is 2. The number of aromatic nitrogens is 3. The molecule has 0 fully saturated rings. The van der Waals surface area contributed by atoms with Crippen molar-refractivity contribution in [2.45, 2.75) is 0 Å². The second-order valence-corrected chi connectivity index (χ2v) is 13.5. The van der Waals surface area contributed by atoms with E-state index in [-0.39, 0.29) is 0 Å². The van der Waals surface area contributed by atoms with Crippen LogP contribution in [0.3, 0.4) is 0 Å². The normalized spacial score (nSPS) is 12.4. The molecule has 228 valence electrons. The first kappa shape index (κ1) is 26.7. The molecule has 6 heteroatoms. The Bertz CT molecular complexity index is 2970. The lowest BCUT2D eigenvalue weighted by molar-refractivity contribution is 0.669. The molecule has 7 aromatic carbocycles. The molecular weight excluding hydrogens is 621 g/mol. The van der Waals surface area contributed by atoms with Gasteiger partial charge in [0.05, 0.1) is 11.4 Å². The maximum Gasteiger partial charge on any atom is 0.238 e. The smallest absolute Gasteiger partial charge is 0.238 e. The summed E-state index contributed by atoms with van der Waals surface area (Å²) >= 11 is 1.79. The topological polar surface area (TPSA) is 55.1 Å². The Morgan fingerprint density at radius 2 is 1.14 bits per heavy atom. The van der Waals surface area contributed by atoms with Gasteiger partial charge in [0.1, 0.15) is 11.2 Å². The fraction of sp³-hybridized carbons (Fsp3) is 0. The van der Waals surface area contributed by atoms with Gasteiger partial charge in [0.25, 0.3) is 0 Å². The summed E-state index contributed by atoms with van der Waals surface area (Å²) in [6.07, 6.45) is 0. The van der Waals surface area contributed by atoms with Crippen molar-refractivity contribution >= 4 is 81.5 Å². The van der Waals surface area contributed by atoms with E-state index in [1.54, 1.807) is 11.3 Å². The number of rotatable bonds is 3. The summed E-state index contributed by atoms with van der Waals surface area (Å²) in [7, 11) is 0. The van der Waals surface area contributed by atoms with E-state index < -0.39 is 0 Å². The summed E-state index contributed by atoms with van der Waals surface area (Å²) in [5, 5.41) is 6.97. The van der Waals surface area contributed by atoms with Crippen LogP contribution >= 0.6 is 11.3 Å². The number of nitrogens with zero attached hydrogens (tertiary/aromatic N) is 4. The quantitative estimate of drug-likeness (QED) is 0.192. The van der Waals surface area contributed by atoms with Crippen LogP contribution < -0.4 is 4.90 Å². The summed E-state index contributed by atoms with van der Waals surface area (Å²) < 4.78 is 8.64. The van der Waals surface area contributed by atoms with Crippen LogP contribution in [0.25, 0.3) is 86.8 Å². The molecule has 3 aromatic heterocycles. The Hall–Kier alpha value is -6.37. The summed E-state index contributed by atoms with van der Waals surface area (Å²) in [6.45, 7) is 0. The van der Waals surface area contributed by atoms with E-state index in [2.05, 4.69) is 120 Å². The van der Waals surface area contributed by atoms with Gasteiger partial charge in [-0.05, 0) is 59.5 Å². The van der Waals surface area contributed by atoms with Crippen molar-refractivity contribution in [2.24, 2.45) is 0 Å². The lowest BCUT2D eigenvalue weighted by Gasteiger charge is -2.32. The van der Waals surface area contributed by atoms with Gasteiger partial charge in [-0.1, -0.05) is 97.1 Å². The zero-order valence-electron chi connectivity index (χ0n) is 26.0. The SMILES string of the molecule is c1ccc2c(c1)-c1cccc3cccc(c13)N2c1nc(-c2ccc3c(c2)sc2ccccc23)nc(-c2ccc3oc4ccccc4c3c2)n1. The van der Waals surface area contributed by atoms with E-state index in [4.69, 9.17) is 19.4 Å². The van der Waals surface area contributed by atoms with Crippen molar-refractivity contribution in [3.8, 4) is 33.9 Å². The van der Waals surface area contributed by atoms with E-state index in [0.717, 1.165) is 50.0 Å². The van der Waals surface area contributed by atoms with E-state index in [0.29, 0.717) is 17.6 Å². The standard InChI is InChI=1S/C43H24N4OS/c1-4-15-34-28(11-1)32-14-7-9-25-10-8-16-35(40(25)32)47(34)43-45-41(26-20-22-37-33(23-26)29-12-2-5-17-36(29)48-37)44-42(46-43)27-19-21-31-30-13-3-6-18-38(30)49-39(31)24-27/h1-24H. The van der Waals surface area contributed by atoms with Crippen molar-refractivity contribution in [3.05, 3.63) is 146 Å². The van der Waals surface area contributed by atoms with Gasteiger partial charge in [-0.3, -0.25) is 4.90 Å². The third kappa shape index (κ3) is 3.95. The zero-order chi connectivity index (χ0) is 32.1. The fourth-order valence-electron chi connectivity index (χ4n) is 7.43. The number of hydrogen-bond acceptors (Lipinski definition) is 6.